The van der Waals surface area contributed by atoms with Crippen LogP contribution in [0.3, 0.4) is 0 Å². The molecule has 11 heteroatoms. The Morgan fingerprint density at radius 1 is 1.19 bits per heavy atom. The van der Waals surface area contributed by atoms with Crippen LogP contribution < -0.4 is 0 Å². The van der Waals surface area contributed by atoms with Crippen LogP contribution in [0, 0.1) is 0 Å². The van der Waals surface area contributed by atoms with Crippen molar-refractivity contribution in [3.63, 3.8) is 0 Å². The largest absolute Gasteiger partial charge is 0.472 e. The van der Waals surface area contributed by atoms with Gasteiger partial charge in [-0.05, 0) is 0 Å². The van der Waals surface area contributed by atoms with E-state index >= 15 is 0 Å². The van der Waals surface area contributed by atoms with E-state index in [9.17, 15) is 14.8 Å². The summed E-state index contributed by atoms with van der Waals surface area (Å²) in [5, 5.41) is 20.6. The topological polar surface area (TPSA) is 144 Å². The van der Waals surface area contributed by atoms with E-state index < -0.39 is 44.1 Å². The zero-order valence-electron chi connectivity index (χ0n) is 11.0. The van der Waals surface area contributed by atoms with Crippen LogP contribution in [-0.2, 0) is 28.0 Å². The number of rotatable bonds is 3. The molecule has 10 nitrogen and oxygen atoms in total. The molecule has 0 saturated carbocycles. The van der Waals surface area contributed by atoms with Crippen molar-refractivity contribution in [3.05, 3.63) is 0 Å². The standard InChI is InChI=1S/C10H17O10P/c11-6-3-17-8-7(6)18-4-9(8,12)10(20-21(13,14)15)5-16-1-2-19-10/h6-8,11-12H,1-5H2,(H2,13,14,15)/t6-,7-,8+,9-,10?/m1/s1. The van der Waals surface area contributed by atoms with Gasteiger partial charge in [0.1, 0.15) is 24.9 Å². The van der Waals surface area contributed by atoms with Gasteiger partial charge in [0.05, 0.1) is 26.4 Å². The molecule has 0 spiro atoms. The molecule has 3 rings (SSSR count). The molecule has 3 aliphatic rings. The minimum atomic E-state index is -4.98. The van der Waals surface area contributed by atoms with Gasteiger partial charge < -0.3 is 38.9 Å². The molecule has 21 heavy (non-hydrogen) atoms. The molecule has 3 fully saturated rings. The van der Waals surface area contributed by atoms with E-state index in [4.69, 9.17) is 33.3 Å². The second-order valence-corrected chi connectivity index (χ2v) is 6.42. The van der Waals surface area contributed by atoms with E-state index in [1.807, 2.05) is 0 Å². The van der Waals surface area contributed by atoms with Crippen LogP contribution in [0.15, 0.2) is 0 Å². The Morgan fingerprint density at radius 3 is 2.57 bits per heavy atom. The van der Waals surface area contributed by atoms with E-state index in [1.165, 1.54) is 0 Å². The summed E-state index contributed by atoms with van der Waals surface area (Å²) >= 11 is 0. The van der Waals surface area contributed by atoms with Gasteiger partial charge in [-0.15, -0.1) is 0 Å². The maximum atomic E-state index is 11.3. The number of aliphatic hydroxyl groups excluding tert-OH is 1. The third-order valence-corrected chi connectivity index (χ3v) is 4.40. The molecule has 3 saturated heterocycles. The second-order valence-electron chi connectivity index (χ2n) is 5.26. The maximum absolute atomic E-state index is 11.3. The monoisotopic (exact) mass is 328 g/mol. The summed E-state index contributed by atoms with van der Waals surface area (Å²) in [6, 6.07) is 0. The van der Waals surface area contributed by atoms with Gasteiger partial charge in [-0.1, -0.05) is 0 Å². The first-order chi connectivity index (χ1) is 9.78. The van der Waals surface area contributed by atoms with E-state index in [-0.39, 0.29) is 26.4 Å². The summed E-state index contributed by atoms with van der Waals surface area (Å²) in [4.78, 5) is 18.2. The Morgan fingerprint density at radius 2 is 1.95 bits per heavy atom. The van der Waals surface area contributed by atoms with E-state index in [2.05, 4.69) is 0 Å². The van der Waals surface area contributed by atoms with Gasteiger partial charge in [0.25, 0.3) is 0 Å². The lowest BCUT2D eigenvalue weighted by Crippen LogP contribution is -2.67. The lowest BCUT2D eigenvalue weighted by Gasteiger charge is -2.46. The molecule has 0 aromatic rings. The Kier molecular flexibility index (Phi) is 3.90. The molecule has 4 N–H and O–H groups in total. The van der Waals surface area contributed by atoms with Crippen LogP contribution in [-0.4, -0.2) is 82.7 Å². The third-order valence-electron chi connectivity index (χ3n) is 3.87. The van der Waals surface area contributed by atoms with Crippen LogP contribution in [0.5, 0.6) is 0 Å². The lowest BCUT2D eigenvalue weighted by molar-refractivity contribution is -0.344. The van der Waals surface area contributed by atoms with Gasteiger partial charge in [0.2, 0.25) is 5.79 Å². The molecule has 5 atom stereocenters. The van der Waals surface area contributed by atoms with Gasteiger partial charge in [0.15, 0.2) is 5.60 Å². The van der Waals surface area contributed by atoms with Crippen LogP contribution in [0.25, 0.3) is 0 Å². The molecule has 0 aromatic carbocycles. The SMILES string of the molecule is O=P(O)(O)OC1([C@@]2(O)CO[C@@H]3[C@H](O)CO[C@@H]32)COCCO1. The molecule has 0 radical (unpaired) electrons. The van der Waals surface area contributed by atoms with Crippen LogP contribution in [0.2, 0.25) is 0 Å². The zero-order valence-corrected chi connectivity index (χ0v) is 11.8. The third kappa shape index (κ3) is 2.55. The summed E-state index contributed by atoms with van der Waals surface area (Å²) in [6.07, 6.45) is -2.81. The van der Waals surface area contributed by atoms with Gasteiger partial charge in [0, 0.05) is 0 Å². The van der Waals surface area contributed by atoms with Crippen molar-refractivity contribution in [3.8, 4) is 0 Å². The first kappa shape index (κ1) is 15.8. The molecule has 1 unspecified atom stereocenters. The van der Waals surface area contributed by atoms with Crippen LogP contribution in [0.1, 0.15) is 0 Å². The average Bonchev–Trinajstić information content (AvgIpc) is 2.92. The number of fused-ring (bicyclic) bond motifs is 1. The maximum Gasteiger partial charge on any atom is 0.472 e. The summed E-state index contributed by atoms with van der Waals surface area (Å²) in [6.45, 7) is -0.670. The minimum absolute atomic E-state index is 0.0255. The van der Waals surface area contributed by atoms with Gasteiger partial charge >= 0.3 is 7.82 Å². The van der Waals surface area contributed by atoms with E-state index in [0.717, 1.165) is 0 Å². The summed E-state index contributed by atoms with van der Waals surface area (Å²) in [5.74, 6) is -2.13. The smallest absolute Gasteiger partial charge is 0.388 e. The first-order valence-electron chi connectivity index (χ1n) is 6.39. The number of phosphoric ester groups is 1. The molecule has 0 aromatic heterocycles. The average molecular weight is 328 g/mol. The molecule has 0 bridgehead atoms. The Balaban J connectivity index is 1.94. The quantitative estimate of drug-likeness (QED) is 0.418. The van der Waals surface area contributed by atoms with Crippen LogP contribution >= 0.6 is 7.82 Å². The normalized spacial score (nSPS) is 47.5. The van der Waals surface area contributed by atoms with Gasteiger partial charge in [-0.2, -0.15) is 0 Å². The molecule has 0 amide bonds. The Hall–Kier alpha value is -0.130. The van der Waals surface area contributed by atoms with Crippen molar-refractivity contribution in [2.24, 2.45) is 0 Å². The predicted molar refractivity (Wildman–Crippen MR) is 63.1 cm³/mol. The highest BCUT2D eigenvalue weighted by atomic mass is 31.2. The highest BCUT2D eigenvalue weighted by molar-refractivity contribution is 7.46. The highest BCUT2D eigenvalue weighted by Crippen LogP contribution is 2.51. The van der Waals surface area contributed by atoms with Crippen molar-refractivity contribution in [1.29, 1.82) is 0 Å². The van der Waals surface area contributed by atoms with E-state index in [1.54, 1.807) is 0 Å². The van der Waals surface area contributed by atoms with Crippen molar-refractivity contribution >= 4 is 7.82 Å². The second kappa shape index (κ2) is 5.20. The minimum Gasteiger partial charge on any atom is -0.388 e. The van der Waals surface area contributed by atoms with Gasteiger partial charge in [-0.25, -0.2) is 9.09 Å². The van der Waals surface area contributed by atoms with Crippen molar-refractivity contribution in [2.45, 2.75) is 29.7 Å². The number of aliphatic hydroxyl groups is 2. The van der Waals surface area contributed by atoms with Gasteiger partial charge in [-0.3, -0.25) is 0 Å². The number of ether oxygens (including phenoxy) is 4. The first-order valence-corrected chi connectivity index (χ1v) is 7.92. The van der Waals surface area contributed by atoms with E-state index in [0.29, 0.717) is 0 Å². The fourth-order valence-corrected chi connectivity index (χ4v) is 3.57. The lowest BCUT2D eigenvalue weighted by atomic mass is 9.87. The Labute approximate surface area is 119 Å². The molecule has 3 heterocycles. The molecule has 3 aliphatic heterocycles. The predicted octanol–water partition coefficient (Wildman–Crippen LogP) is -2.27. The number of hydrogen-bond acceptors (Lipinski definition) is 8. The number of phosphoric acid groups is 1. The zero-order chi connectivity index (χ0) is 15.3. The number of hydrogen-bond donors (Lipinski definition) is 4. The van der Waals surface area contributed by atoms with Crippen molar-refractivity contribution < 1.29 is 48.0 Å². The fraction of sp³-hybridized carbons (Fsp3) is 1.00. The van der Waals surface area contributed by atoms with Crippen LogP contribution in [0.4, 0.5) is 0 Å². The summed E-state index contributed by atoms with van der Waals surface area (Å²) < 4.78 is 37.1. The fourth-order valence-electron chi connectivity index (χ4n) is 2.92. The molecule has 122 valence electrons. The molecular weight excluding hydrogens is 311 g/mol. The van der Waals surface area contributed by atoms with Crippen molar-refractivity contribution in [2.75, 3.05) is 33.0 Å². The van der Waals surface area contributed by atoms with Crippen molar-refractivity contribution in [1.82, 2.24) is 0 Å². The summed E-state index contributed by atoms with van der Waals surface area (Å²) in [5.41, 5.74) is -2.02. The highest BCUT2D eigenvalue weighted by Gasteiger charge is 2.69. The summed E-state index contributed by atoms with van der Waals surface area (Å²) in [7, 11) is -4.98. The Bertz CT molecular complexity index is 445. The molecule has 0 aliphatic carbocycles. The molecular formula is C10H17O10P.